The second kappa shape index (κ2) is 4.79. The Kier molecular flexibility index (Phi) is 3.55. The van der Waals surface area contributed by atoms with E-state index in [4.69, 9.17) is 0 Å². The summed E-state index contributed by atoms with van der Waals surface area (Å²) in [5.41, 5.74) is 1.33. The first-order valence-electron chi connectivity index (χ1n) is 4.22. The molecule has 0 fully saturated rings. The first-order valence-corrected chi connectivity index (χ1v) is 4.22. The van der Waals surface area contributed by atoms with Crippen LogP contribution in [0.4, 0.5) is 0 Å². The Labute approximate surface area is 69.0 Å². The van der Waals surface area contributed by atoms with Crippen molar-refractivity contribution in [3.63, 3.8) is 0 Å². The van der Waals surface area contributed by atoms with Crippen LogP contribution in [0.1, 0.15) is 32.1 Å². The normalized spacial score (nSPS) is 16.2. The van der Waals surface area contributed by atoms with Crippen LogP contribution in [-0.2, 0) is 0 Å². The van der Waals surface area contributed by atoms with Crippen molar-refractivity contribution in [1.82, 2.24) is 0 Å². The Hall–Kier alpha value is -0.960. The van der Waals surface area contributed by atoms with E-state index in [0.29, 0.717) is 0 Å². The van der Waals surface area contributed by atoms with E-state index in [1.165, 1.54) is 31.3 Å². The van der Waals surface area contributed by atoms with E-state index in [-0.39, 0.29) is 0 Å². The summed E-state index contributed by atoms with van der Waals surface area (Å²) >= 11 is 0. The van der Waals surface area contributed by atoms with Crippen LogP contribution in [0, 0.1) is 11.8 Å². The maximum Gasteiger partial charge on any atom is 0.0270 e. The van der Waals surface area contributed by atoms with E-state index in [0.717, 1.165) is 6.42 Å². The minimum absolute atomic E-state index is 0.817. The first kappa shape index (κ1) is 8.14. The molecule has 1 aliphatic carbocycles. The Morgan fingerprint density at radius 3 is 3.09 bits per heavy atom. The van der Waals surface area contributed by atoms with Crippen molar-refractivity contribution < 1.29 is 0 Å². The third-order valence-corrected chi connectivity index (χ3v) is 1.79. The monoisotopic (exact) mass is 146 g/mol. The smallest absolute Gasteiger partial charge is 0.0270 e. The lowest BCUT2D eigenvalue weighted by Crippen LogP contribution is -1.88. The molecule has 0 saturated heterocycles. The molecule has 0 bridgehead atoms. The molecule has 1 aliphatic rings. The van der Waals surface area contributed by atoms with Gasteiger partial charge in [0.2, 0.25) is 0 Å². The zero-order valence-corrected chi connectivity index (χ0v) is 6.90. The second-order valence-corrected chi connectivity index (χ2v) is 2.77. The topological polar surface area (TPSA) is 0 Å². The van der Waals surface area contributed by atoms with Gasteiger partial charge in [0, 0.05) is 6.42 Å². The van der Waals surface area contributed by atoms with Crippen LogP contribution in [0.2, 0.25) is 0 Å². The highest BCUT2D eigenvalue weighted by atomic mass is 14.0. The van der Waals surface area contributed by atoms with Crippen molar-refractivity contribution in [2.45, 2.75) is 32.1 Å². The van der Waals surface area contributed by atoms with Gasteiger partial charge in [-0.15, -0.1) is 6.58 Å². The minimum Gasteiger partial charge on any atom is -0.102 e. The van der Waals surface area contributed by atoms with E-state index < -0.39 is 0 Å². The third-order valence-electron chi connectivity index (χ3n) is 1.79. The lowest BCUT2D eigenvalue weighted by molar-refractivity contribution is 0.715. The molecule has 0 nitrogen and oxygen atoms in total. The molecule has 0 heterocycles. The number of hydrogen-bond donors (Lipinski definition) is 0. The summed E-state index contributed by atoms with van der Waals surface area (Å²) in [5, 5.41) is 0. The van der Waals surface area contributed by atoms with Crippen molar-refractivity contribution in [1.29, 1.82) is 0 Å². The summed E-state index contributed by atoms with van der Waals surface area (Å²) in [6.45, 7) is 3.62. The van der Waals surface area contributed by atoms with Gasteiger partial charge in [-0.05, 0) is 31.3 Å². The molecule has 0 spiro atoms. The van der Waals surface area contributed by atoms with Crippen molar-refractivity contribution in [2.75, 3.05) is 0 Å². The standard InChI is InChI=1S/C11H14/c1-2-3-5-8-11-9-6-4-7-10-11/h2,9H,1,3-4,6-7,10H2. The molecule has 0 atom stereocenters. The number of rotatable bonds is 1. The number of hydrogen-bond acceptors (Lipinski definition) is 0. The van der Waals surface area contributed by atoms with Crippen molar-refractivity contribution in [3.8, 4) is 11.8 Å². The van der Waals surface area contributed by atoms with Gasteiger partial charge >= 0.3 is 0 Å². The fourth-order valence-electron chi connectivity index (χ4n) is 1.19. The summed E-state index contributed by atoms with van der Waals surface area (Å²) in [4.78, 5) is 0. The molecule has 0 aromatic rings. The first-order chi connectivity index (χ1) is 5.43. The highest BCUT2D eigenvalue weighted by Crippen LogP contribution is 2.15. The quantitative estimate of drug-likeness (QED) is 0.394. The Balaban J connectivity index is 2.42. The molecule has 0 N–H and O–H groups in total. The second-order valence-electron chi connectivity index (χ2n) is 2.77. The molecular weight excluding hydrogens is 132 g/mol. The Morgan fingerprint density at radius 1 is 1.55 bits per heavy atom. The molecule has 0 radical (unpaired) electrons. The molecule has 58 valence electrons. The fourth-order valence-corrected chi connectivity index (χ4v) is 1.19. The zero-order valence-electron chi connectivity index (χ0n) is 6.90. The van der Waals surface area contributed by atoms with Gasteiger partial charge in [0.1, 0.15) is 0 Å². The minimum atomic E-state index is 0.817. The van der Waals surface area contributed by atoms with Gasteiger partial charge in [-0.3, -0.25) is 0 Å². The Morgan fingerprint density at radius 2 is 2.45 bits per heavy atom. The molecule has 0 saturated carbocycles. The fraction of sp³-hybridized carbons (Fsp3) is 0.455. The largest absolute Gasteiger partial charge is 0.102 e. The number of allylic oxidation sites excluding steroid dienone is 3. The summed E-state index contributed by atoms with van der Waals surface area (Å²) in [5.74, 6) is 6.23. The van der Waals surface area contributed by atoms with Crippen LogP contribution in [0.25, 0.3) is 0 Å². The molecule has 0 aliphatic heterocycles. The van der Waals surface area contributed by atoms with Gasteiger partial charge in [-0.1, -0.05) is 24.0 Å². The molecule has 11 heavy (non-hydrogen) atoms. The predicted molar refractivity (Wildman–Crippen MR) is 49.1 cm³/mol. The zero-order chi connectivity index (χ0) is 7.94. The van der Waals surface area contributed by atoms with Gasteiger partial charge in [-0.25, -0.2) is 0 Å². The molecular formula is C11H14. The van der Waals surface area contributed by atoms with Crippen molar-refractivity contribution in [2.24, 2.45) is 0 Å². The summed E-state index contributed by atoms with van der Waals surface area (Å²) in [6, 6.07) is 0. The Bertz CT molecular complexity index is 210. The molecule has 0 amide bonds. The molecule has 0 heteroatoms. The highest BCUT2D eigenvalue weighted by Gasteiger charge is 1.98. The van der Waals surface area contributed by atoms with Crippen LogP contribution >= 0.6 is 0 Å². The van der Waals surface area contributed by atoms with E-state index in [9.17, 15) is 0 Å². The van der Waals surface area contributed by atoms with Gasteiger partial charge in [0.25, 0.3) is 0 Å². The van der Waals surface area contributed by atoms with E-state index in [1.54, 1.807) is 0 Å². The van der Waals surface area contributed by atoms with E-state index >= 15 is 0 Å². The van der Waals surface area contributed by atoms with Crippen LogP contribution in [0.3, 0.4) is 0 Å². The lowest BCUT2D eigenvalue weighted by atomic mass is 10.0. The molecule has 0 unspecified atom stereocenters. The average molecular weight is 146 g/mol. The maximum atomic E-state index is 3.62. The van der Waals surface area contributed by atoms with E-state index in [1.807, 2.05) is 6.08 Å². The third kappa shape index (κ3) is 3.09. The van der Waals surface area contributed by atoms with Gasteiger partial charge in [-0.2, -0.15) is 0 Å². The highest BCUT2D eigenvalue weighted by molar-refractivity contribution is 5.29. The molecule has 1 rings (SSSR count). The van der Waals surface area contributed by atoms with Crippen LogP contribution in [-0.4, -0.2) is 0 Å². The van der Waals surface area contributed by atoms with Crippen LogP contribution < -0.4 is 0 Å². The summed E-state index contributed by atoms with van der Waals surface area (Å²) in [7, 11) is 0. The SMILES string of the molecule is C=CCC#CC1=CCCCC1. The van der Waals surface area contributed by atoms with Crippen LogP contribution in [0.15, 0.2) is 24.3 Å². The predicted octanol–water partition coefficient (Wildman–Crippen LogP) is 3.07. The van der Waals surface area contributed by atoms with Crippen LogP contribution in [0.5, 0.6) is 0 Å². The van der Waals surface area contributed by atoms with Crippen molar-refractivity contribution in [3.05, 3.63) is 24.3 Å². The summed E-state index contributed by atoms with van der Waals surface area (Å²) < 4.78 is 0. The lowest BCUT2D eigenvalue weighted by Gasteiger charge is -2.05. The average Bonchev–Trinajstić information content (AvgIpc) is 2.07. The van der Waals surface area contributed by atoms with Crippen molar-refractivity contribution >= 4 is 0 Å². The summed E-state index contributed by atoms with van der Waals surface area (Å²) in [6.07, 6.45) is 9.98. The van der Waals surface area contributed by atoms with E-state index in [2.05, 4.69) is 24.5 Å². The van der Waals surface area contributed by atoms with Gasteiger partial charge in [0.05, 0.1) is 0 Å². The molecule has 0 aromatic heterocycles. The maximum absolute atomic E-state index is 3.62. The van der Waals surface area contributed by atoms with Gasteiger partial charge < -0.3 is 0 Å². The van der Waals surface area contributed by atoms with Gasteiger partial charge in [0.15, 0.2) is 0 Å². The molecule has 0 aromatic carbocycles.